The summed E-state index contributed by atoms with van der Waals surface area (Å²) < 4.78 is 0. The number of unbranched alkanes of at least 4 members (excludes halogenated alkanes) is 2. The molecule has 1 rings (SSSR count). The predicted octanol–water partition coefficient (Wildman–Crippen LogP) is 8.79. The van der Waals surface area contributed by atoms with Crippen molar-refractivity contribution in [2.45, 2.75) is 107 Å². The standard InChI is InChI=1S/C8H10S.C5H12.C3H5N.3C2H6/c1-6-3-4-7(2)8(9)5-6;1-3-5-4-2;1-2-3-4;3*1-2/h3-5,9H,1-2H3;3-5H2,1-2H3;2H2,1H3;3*1-2H3. The van der Waals surface area contributed by atoms with Crippen LogP contribution in [0.1, 0.15) is 99.1 Å². The molecule has 2 heteroatoms. The Bertz CT molecular complexity index is 338. The van der Waals surface area contributed by atoms with Crippen LogP contribution in [0.2, 0.25) is 0 Å². The summed E-state index contributed by atoms with van der Waals surface area (Å²) in [4.78, 5) is 1.08. The van der Waals surface area contributed by atoms with Gasteiger partial charge in [0.2, 0.25) is 0 Å². The molecule has 24 heavy (non-hydrogen) atoms. The summed E-state index contributed by atoms with van der Waals surface area (Å²) in [5.74, 6) is 0. The Kier molecular flexibility index (Phi) is 54.4. The van der Waals surface area contributed by atoms with Crippen LogP contribution in [-0.2, 0) is 0 Å². The maximum absolute atomic E-state index is 7.62. The van der Waals surface area contributed by atoms with E-state index in [9.17, 15) is 0 Å². The van der Waals surface area contributed by atoms with E-state index in [0.29, 0.717) is 6.42 Å². The van der Waals surface area contributed by atoms with Crippen LogP contribution in [0.4, 0.5) is 0 Å². The van der Waals surface area contributed by atoms with Gasteiger partial charge in [0.1, 0.15) is 0 Å². The Hall–Kier alpha value is -0.940. The molecule has 0 radical (unpaired) electrons. The molecular formula is C22H45NS. The summed E-state index contributed by atoms with van der Waals surface area (Å²) in [5, 5.41) is 7.62. The van der Waals surface area contributed by atoms with Crippen LogP contribution in [0.25, 0.3) is 0 Å². The number of benzene rings is 1. The summed E-state index contributed by atoms with van der Waals surface area (Å²) in [7, 11) is 0. The zero-order valence-electron chi connectivity index (χ0n) is 18.5. The normalized spacial score (nSPS) is 6.96. The molecule has 0 aromatic heterocycles. The van der Waals surface area contributed by atoms with Crippen molar-refractivity contribution < 1.29 is 0 Å². The highest BCUT2D eigenvalue weighted by Crippen LogP contribution is 2.13. The third kappa shape index (κ3) is 37.4. The van der Waals surface area contributed by atoms with Crippen molar-refractivity contribution >= 4 is 12.6 Å². The molecule has 0 aliphatic carbocycles. The van der Waals surface area contributed by atoms with E-state index in [2.05, 4.69) is 58.5 Å². The van der Waals surface area contributed by atoms with Gasteiger partial charge in [0.25, 0.3) is 0 Å². The van der Waals surface area contributed by atoms with Crippen LogP contribution in [0.5, 0.6) is 0 Å². The van der Waals surface area contributed by atoms with Gasteiger partial charge in [0, 0.05) is 11.3 Å². The molecule has 0 aliphatic heterocycles. The van der Waals surface area contributed by atoms with Crippen LogP contribution in [-0.4, -0.2) is 0 Å². The molecule has 0 bridgehead atoms. The molecule has 0 fully saturated rings. The fourth-order valence-corrected chi connectivity index (χ4v) is 1.35. The average Bonchev–Trinajstić information content (AvgIpc) is 2.65. The van der Waals surface area contributed by atoms with Crippen molar-refractivity contribution in [1.29, 1.82) is 5.26 Å². The van der Waals surface area contributed by atoms with E-state index in [1.165, 1.54) is 30.4 Å². The minimum atomic E-state index is 0.625. The summed E-state index contributed by atoms with van der Waals surface area (Å²) >= 11 is 4.27. The largest absolute Gasteiger partial charge is 0.198 e. The molecule has 1 nitrogen and oxygen atoms in total. The molecule has 0 amide bonds. The quantitative estimate of drug-likeness (QED) is 0.526. The van der Waals surface area contributed by atoms with E-state index in [4.69, 9.17) is 5.26 Å². The number of hydrogen-bond donors (Lipinski definition) is 1. The van der Waals surface area contributed by atoms with Gasteiger partial charge in [-0.1, -0.05) is 99.3 Å². The summed E-state index contributed by atoms with van der Waals surface area (Å²) in [6.45, 7) is 22.4. The highest BCUT2D eigenvalue weighted by atomic mass is 32.1. The lowest BCUT2D eigenvalue weighted by atomic mass is 10.2. The van der Waals surface area contributed by atoms with Gasteiger partial charge < -0.3 is 0 Å². The lowest BCUT2D eigenvalue weighted by molar-refractivity contribution is 0.772. The third-order valence-corrected chi connectivity index (χ3v) is 2.71. The molecule has 0 atom stereocenters. The molecule has 0 N–H and O–H groups in total. The molecule has 0 aliphatic rings. The second-order valence-corrected chi connectivity index (χ2v) is 4.64. The van der Waals surface area contributed by atoms with Crippen LogP contribution in [0, 0.1) is 25.2 Å². The molecule has 0 saturated carbocycles. The Morgan fingerprint density at radius 2 is 1.25 bits per heavy atom. The SMILES string of the molecule is CC.CC.CC.CCC#N.CCCCC.Cc1ccc(C)c(S)c1. The van der Waals surface area contributed by atoms with Crippen LogP contribution in [0.15, 0.2) is 23.1 Å². The second-order valence-electron chi connectivity index (χ2n) is 4.16. The van der Waals surface area contributed by atoms with Gasteiger partial charge in [0.05, 0.1) is 6.07 Å². The number of nitrogens with zero attached hydrogens (tertiary/aromatic N) is 1. The summed E-state index contributed by atoms with van der Waals surface area (Å²) in [6, 6.07) is 8.17. The zero-order chi connectivity index (χ0) is 20.4. The third-order valence-electron chi connectivity index (χ3n) is 2.23. The van der Waals surface area contributed by atoms with Crippen molar-refractivity contribution in [3.05, 3.63) is 29.3 Å². The minimum absolute atomic E-state index is 0.625. The molecule has 0 heterocycles. The van der Waals surface area contributed by atoms with Gasteiger partial charge in [-0.15, -0.1) is 12.6 Å². The number of nitriles is 1. The lowest BCUT2D eigenvalue weighted by Gasteiger charge is -1.97. The van der Waals surface area contributed by atoms with Crippen molar-refractivity contribution in [1.82, 2.24) is 0 Å². The average molecular weight is 356 g/mol. The van der Waals surface area contributed by atoms with Crippen LogP contribution < -0.4 is 0 Å². The molecule has 0 unspecified atom stereocenters. The van der Waals surface area contributed by atoms with E-state index in [1.54, 1.807) is 0 Å². The molecule has 1 aromatic carbocycles. The van der Waals surface area contributed by atoms with Crippen molar-refractivity contribution in [2.75, 3.05) is 0 Å². The van der Waals surface area contributed by atoms with Gasteiger partial charge in [0.15, 0.2) is 0 Å². The van der Waals surface area contributed by atoms with Gasteiger partial charge in [-0.2, -0.15) is 5.26 Å². The second kappa shape index (κ2) is 37.9. The Balaban J connectivity index is -0.0000000695. The molecule has 0 spiro atoms. The summed E-state index contributed by atoms with van der Waals surface area (Å²) in [6.07, 6.45) is 4.70. The molecule has 144 valence electrons. The molecule has 1 aromatic rings. The monoisotopic (exact) mass is 355 g/mol. The van der Waals surface area contributed by atoms with E-state index in [1.807, 2.05) is 54.5 Å². The first-order valence-corrected chi connectivity index (χ1v) is 10.1. The van der Waals surface area contributed by atoms with Crippen LogP contribution >= 0.6 is 12.6 Å². The lowest BCUT2D eigenvalue weighted by Crippen LogP contribution is -1.76. The maximum Gasteiger partial charge on any atom is 0.0618 e. The Morgan fingerprint density at radius 1 is 0.875 bits per heavy atom. The fraction of sp³-hybridized carbons (Fsp3) is 0.682. The zero-order valence-corrected chi connectivity index (χ0v) is 19.3. The first kappa shape index (κ1) is 34.4. The van der Waals surface area contributed by atoms with Gasteiger partial charge in [-0.05, 0) is 25.5 Å². The minimum Gasteiger partial charge on any atom is -0.198 e. The van der Waals surface area contributed by atoms with Crippen LogP contribution in [0.3, 0.4) is 0 Å². The number of aryl methyl sites for hydroxylation is 2. The summed E-state index contributed by atoms with van der Waals surface area (Å²) in [5.41, 5.74) is 2.51. The van der Waals surface area contributed by atoms with Gasteiger partial charge in [-0.3, -0.25) is 0 Å². The topological polar surface area (TPSA) is 23.8 Å². The van der Waals surface area contributed by atoms with E-state index >= 15 is 0 Å². The first-order valence-electron chi connectivity index (χ1n) is 9.66. The number of hydrogen-bond acceptors (Lipinski definition) is 2. The maximum atomic E-state index is 7.62. The number of rotatable bonds is 2. The number of thiol groups is 1. The van der Waals surface area contributed by atoms with E-state index in [0.717, 1.165) is 4.90 Å². The highest BCUT2D eigenvalue weighted by Gasteiger charge is 1.90. The van der Waals surface area contributed by atoms with Gasteiger partial charge in [-0.25, -0.2) is 0 Å². The molecule has 0 saturated heterocycles. The van der Waals surface area contributed by atoms with E-state index in [-0.39, 0.29) is 0 Å². The Labute approximate surface area is 160 Å². The smallest absolute Gasteiger partial charge is 0.0618 e. The predicted molar refractivity (Wildman–Crippen MR) is 118 cm³/mol. The fourth-order valence-electron chi connectivity index (χ4n) is 1.07. The van der Waals surface area contributed by atoms with Crippen molar-refractivity contribution in [3.63, 3.8) is 0 Å². The van der Waals surface area contributed by atoms with Crippen molar-refractivity contribution in [2.24, 2.45) is 0 Å². The Morgan fingerprint density at radius 3 is 1.42 bits per heavy atom. The highest BCUT2D eigenvalue weighted by molar-refractivity contribution is 7.80. The van der Waals surface area contributed by atoms with E-state index < -0.39 is 0 Å². The molecular weight excluding hydrogens is 310 g/mol. The first-order chi connectivity index (χ1) is 11.5. The van der Waals surface area contributed by atoms with Gasteiger partial charge >= 0.3 is 0 Å². The van der Waals surface area contributed by atoms with Crippen molar-refractivity contribution in [3.8, 4) is 6.07 Å².